The van der Waals surface area contributed by atoms with Crippen molar-refractivity contribution in [1.29, 1.82) is 0 Å². The summed E-state index contributed by atoms with van der Waals surface area (Å²) in [5, 5.41) is 2.97. The standard InChI is InChI=1S/C15H13ClF3NO/c1-21-14-4-2-10(3-5-14)9-20-13-7-11(15(17,18)19)6-12(16)8-13/h2-8,20H,9H2,1H3. The van der Waals surface area contributed by atoms with Gasteiger partial charge in [0.1, 0.15) is 5.75 Å². The summed E-state index contributed by atoms with van der Waals surface area (Å²) in [6.45, 7) is 0.391. The molecule has 0 amide bonds. The van der Waals surface area contributed by atoms with Gasteiger partial charge in [-0.15, -0.1) is 0 Å². The van der Waals surface area contributed by atoms with E-state index in [-0.39, 0.29) is 5.02 Å². The van der Waals surface area contributed by atoms with Crippen LogP contribution in [0.5, 0.6) is 5.75 Å². The molecule has 0 unspecified atom stereocenters. The predicted molar refractivity (Wildman–Crippen MR) is 76.8 cm³/mol. The van der Waals surface area contributed by atoms with Crippen LogP contribution in [-0.4, -0.2) is 7.11 Å². The highest BCUT2D eigenvalue weighted by Gasteiger charge is 2.31. The van der Waals surface area contributed by atoms with Crippen molar-refractivity contribution in [1.82, 2.24) is 0 Å². The van der Waals surface area contributed by atoms with Crippen LogP contribution in [0.4, 0.5) is 18.9 Å². The first-order valence-electron chi connectivity index (χ1n) is 6.13. The molecule has 2 nitrogen and oxygen atoms in total. The first-order chi connectivity index (χ1) is 9.88. The van der Waals surface area contributed by atoms with Gasteiger partial charge in [-0.2, -0.15) is 13.2 Å². The second-order valence-electron chi connectivity index (χ2n) is 4.43. The van der Waals surface area contributed by atoms with Gasteiger partial charge in [0.15, 0.2) is 0 Å². The van der Waals surface area contributed by atoms with Gasteiger partial charge >= 0.3 is 6.18 Å². The highest BCUT2D eigenvalue weighted by molar-refractivity contribution is 6.30. The molecule has 0 spiro atoms. The maximum absolute atomic E-state index is 12.7. The number of ether oxygens (including phenoxy) is 1. The van der Waals surface area contributed by atoms with E-state index in [1.807, 2.05) is 12.1 Å². The third-order valence-electron chi connectivity index (χ3n) is 2.88. The summed E-state index contributed by atoms with van der Waals surface area (Å²) < 4.78 is 43.1. The summed E-state index contributed by atoms with van der Waals surface area (Å²) >= 11 is 5.72. The molecule has 2 rings (SSSR count). The lowest BCUT2D eigenvalue weighted by Crippen LogP contribution is -2.06. The molecule has 6 heteroatoms. The van der Waals surface area contributed by atoms with Crippen LogP contribution in [0.25, 0.3) is 0 Å². The Bertz CT molecular complexity index is 611. The average molecular weight is 316 g/mol. The van der Waals surface area contributed by atoms with E-state index >= 15 is 0 Å². The largest absolute Gasteiger partial charge is 0.497 e. The summed E-state index contributed by atoms with van der Waals surface area (Å²) in [4.78, 5) is 0. The van der Waals surface area contributed by atoms with Crippen LogP contribution in [-0.2, 0) is 12.7 Å². The summed E-state index contributed by atoms with van der Waals surface area (Å²) in [6.07, 6.45) is -4.42. The number of methoxy groups -OCH3 is 1. The molecule has 0 heterocycles. The second kappa shape index (κ2) is 6.26. The van der Waals surface area contributed by atoms with Gasteiger partial charge in [-0.3, -0.25) is 0 Å². The Morgan fingerprint density at radius 1 is 1.10 bits per heavy atom. The van der Waals surface area contributed by atoms with Crippen molar-refractivity contribution < 1.29 is 17.9 Å². The third kappa shape index (κ3) is 4.29. The second-order valence-corrected chi connectivity index (χ2v) is 4.86. The van der Waals surface area contributed by atoms with E-state index in [1.165, 1.54) is 6.07 Å². The number of anilines is 1. The highest BCUT2D eigenvalue weighted by atomic mass is 35.5. The molecule has 112 valence electrons. The molecule has 2 aromatic rings. The maximum Gasteiger partial charge on any atom is 0.416 e. The first-order valence-corrected chi connectivity index (χ1v) is 6.51. The van der Waals surface area contributed by atoms with Gasteiger partial charge in [-0.25, -0.2) is 0 Å². The average Bonchev–Trinajstić information content (AvgIpc) is 2.44. The highest BCUT2D eigenvalue weighted by Crippen LogP contribution is 2.33. The van der Waals surface area contributed by atoms with Gasteiger partial charge in [-0.05, 0) is 35.9 Å². The van der Waals surface area contributed by atoms with Crippen molar-refractivity contribution in [3.63, 3.8) is 0 Å². The van der Waals surface area contributed by atoms with Gasteiger partial charge < -0.3 is 10.1 Å². The monoisotopic (exact) mass is 315 g/mol. The fraction of sp³-hybridized carbons (Fsp3) is 0.200. The molecule has 0 saturated heterocycles. The van der Waals surface area contributed by atoms with Gasteiger partial charge in [0.2, 0.25) is 0 Å². The summed E-state index contributed by atoms with van der Waals surface area (Å²) in [5.41, 5.74) is 0.474. The minimum absolute atomic E-state index is 0.0436. The van der Waals surface area contributed by atoms with Crippen molar-refractivity contribution >= 4 is 17.3 Å². The van der Waals surface area contributed by atoms with Crippen LogP contribution in [0.15, 0.2) is 42.5 Å². The number of rotatable bonds is 4. The zero-order chi connectivity index (χ0) is 15.5. The van der Waals surface area contributed by atoms with Gasteiger partial charge in [0.05, 0.1) is 12.7 Å². The van der Waals surface area contributed by atoms with Crippen LogP contribution >= 0.6 is 11.6 Å². The molecular formula is C15H13ClF3NO. The number of alkyl halides is 3. The van der Waals surface area contributed by atoms with Crippen LogP contribution < -0.4 is 10.1 Å². The van der Waals surface area contributed by atoms with Crippen molar-refractivity contribution in [2.24, 2.45) is 0 Å². The molecule has 0 bridgehead atoms. The van der Waals surface area contributed by atoms with E-state index in [0.29, 0.717) is 12.2 Å². The number of halogens is 4. The lowest BCUT2D eigenvalue weighted by molar-refractivity contribution is -0.137. The normalized spacial score (nSPS) is 11.3. The molecule has 2 aromatic carbocycles. The van der Waals surface area contributed by atoms with Gasteiger partial charge in [-0.1, -0.05) is 23.7 Å². The Morgan fingerprint density at radius 3 is 2.33 bits per heavy atom. The molecule has 0 aliphatic rings. The predicted octanol–water partition coefficient (Wildman–Crippen LogP) is 4.98. The van der Waals surface area contributed by atoms with Crippen LogP contribution in [0, 0.1) is 0 Å². The van der Waals surface area contributed by atoms with Crippen molar-refractivity contribution in [3.05, 3.63) is 58.6 Å². The van der Waals surface area contributed by atoms with Crippen LogP contribution in [0.3, 0.4) is 0 Å². The molecule has 21 heavy (non-hydrogen) atoms. The molecule has 0 aromatic heterocycles. The molecule has 0 radical (unpaired) electrons. The summed E-state index contributed by atoms with van der Waals surface area (Å²) in [7, 11) is 1.57. The molecule has 0 aliphatic heterocycles. The Kier molecular flexibility index (Phi) is 4.63. The Morgan fingerprint density at radius 2 is 1.76 bits per heavy atom. The SMILES string of the molecule is COc1ccc(CNc2cc(Cl)cc(C(F)(F)F)c2)cc1. The van der Waals surface area contributed by atoms with Crippen molar-refractivity contribution in [3.8, 4) is 5.75 Å². The Hall–Kier alpha value is -1.88. The number of nitrogens with one attached hydrogen (secondary N) is 1. The molecule has 0 saturated carbocycles. The lowest BCUT2D eigenvalue weighted by atomic mass is 10.1. The first kappa shape index (κ1) is 15.5. The Labute approximate surface area is 125 Å². The number of hydrogen-bond donors (Lipinski definition) is 1. The smallest absolute Gasteiger partial charge is 0.416 e. The van der Waals surface area contributed by atoms with E-state index in [1.54, 1.807) is 19.2 Å². The van der Waals surface area contributed by atoms with Gasteiger partial charge in [0.25, 0.3) is 0 Å². The van der Waals surface area contributed by atoms with Crippen molar-refractivity contribution in [2.45, 2.75) is 12.7 Å². The molecule has 0 fully saturated rings. The molecule has 1 N–H and O–H groups in total. The summed E-state index contributed by atoms with van der Waals surface area (Å²) in [5.74, 6) is 0.723. The van der Waals surface area contributed by atoms with E-state index in [2.05, 4.69) is 5.32 Å². The third-order valence-corrected chi connectivity index (χ3v) is 3.10. The minimum atomic E-state index is -4.42. The quantitative estimate of drug-likeness (QED) is 0.859. The zero-order valence-electron chi connectivity index (χ0n) is 11.2. The van der Waals surface area contributed by atoms with Gasteiger partial charge in [0, 0.05) is 17.3 Å². The molecule has 0 atom stereocenters. The molecule has 0 aliphatic carbocycles. The van der Waals surface area contributed by atoms with Crippen LogP contribution in [0.1, 0.15) is 11.1 Å². The fourth-order valence-electron chi connectivity index (χ4n) is 1.80. The van der Waals surface area contributed by atoms with E-state index < -0.39 is 11.7 Å². The topological polar surface area (TPSA) is 21.3 Å². The Balaban J connectivity index is 2.10. The maximum atomic E-state index is 12.7. The fourth-order valence-corrected chi connectivity index (χ4v) is 2.04. The summed E-state index contributed by atoms with van der Waals surface area (Å²) in [6, 6.07) is 10.6. The van der Waals surface area contributed by atoms with Crippen molar-refractivity contribution in [2.75, 3.05) is 12.4 Å². The number of hydrogen-bond acceptors (Lipinski definition) is 2. The lowest BCUT2D eigenvalue weighted by Gasteiger charge is -2.12. The molecular weight excluding hydrogens is 303 g/mol. The zero-order valence-corrected chi connectivity index (χ0v) is 11.9. The minimum Gasteiger partial charge on any atom is -0.497 e. The van der Waals surface area contributed by atoms with Crippen LogP contribution in [0.2, 0.25) is 5.02 Å². The van der Waals surface area contributed by atoms with E-state index in [0.717, 1.165) is 23.4 Å². The van der Waals surface area contributed by atoms with E-state index in [4.69, 9.17) is 16.3 Å². The van der Waals surface area contributed by atoms with E-state index in [9.17, 15) is 13.2 Å². The number of benzene rings is 2.